The predicted octanol–water partition coefficient (Wildman–Crippen LogP) is 3.96. The van der Waals surface area contributed by atoms with Gasteiger partial charge in [0.15, 0.2) is 0 Å². The van der Waals surface area contributed by atoms with E-state index in [2.05, 4.69) is 4.98 Å². The van der Waals surface area contributed by atoms with Crippen molar-refractivity contribution < 1.29 is 4.42 Å². The van der Waals surface area contributed by atoms with Crippen molar-refractivity contribution in [1.29, 1.82) is 0 Å². The van der Waals surface area contributed by atoms with E-state index in [4.69, 9.17) is 9.40 Å². The lowest BCUT2D eigenvalue weighted by atomic mass is 10.2. The Hall–Kier alpha value is -4.24. The van der Waals surface area contributed by atoms with Crippen LogP contribution in [-0.2, 0) is 13.1 Å². The van der Waals surface area contributed by atoms with Crippen molar-refractivity contribution in [2.75, 3.05) is 0 Å². The number of pyridine rings is 2. The number of benzene rings is 1. The van der Waals surface area contributed by atoms with Gasteiger partial charge in [0.25, 0.3) is 11.1 Å². The average Bonchev–Trinajstić information content (AvgIpc) is 3.56. The molecule has 8 nitrogen and oxygen atoms in total. The number of hydrogen-bond donors (Lipinski definition) is 0. The van der Waals surface area contributed by atoms with Gasteiger partial charge in [0.05, 0.1) is 40.5 Å². The fourth-order valence-electron chi connectivity index (χ4n) is 4.26. The molecule has 0 unspecified atom stereocenters. The molecule has 5 aromatic heterocycles. The molecule has 0 aliphatic carbocycles. The second-order valence-electron chi connectivity index (χ2n) is 7.99. The Kier molecular flexibility index (Phi) is 4.77. The van der Waals surface area contributed by atoms with Crippen LogP contribution in [0.5, 0.6) is 0 Å². The number of hydrogen-bond acceptors (Lipinski definition) is 6. The summed E-state index contributed by atoms with van der Waals surface area (Å²) in [6.45, 7) is 2.44. The largest absolute Gasteiger partial charge is 0.467 e. The summed E-state index contributed by atoms with van der Waals surface area (Å²) in [5.41, 5.74) is 2.52. The minimum Gasteiger partial charge on any atom is -0.467 e. The third-order valence-electron chi connectivity index (χ3n) is 5.91. The second kappa shape index (κ2) is 7.96. The van der Waals surface area contributed by atoms with Crippen LogP contribution in [0.4, 0.5) is 0 Å². The van der Waals surface area contributed by atoms with Gasteiger partial charge < -0.3 is 8.98 Å². The molecule has 0 bridgehead atoms. The zero-order chi connectivity index (χ0) is 23.2. The van der Waals surface area contributed by atoms with E-state index in [1.165, 1.54) is 17.4 Å². The van der Waals surface area contributed by atoms with Crippen LogP contribution >= 0.6 is 11.3 Å². The highest BCUT2D eigenvalue weighted by Gasteiger charge is 2.22. The molecule has 0 atom stereocenters. The number of aromatic nitrogens is 5. The van der Waals surface area contributed by atoms with E-state index in [0.29, 0.717) is 34.0 Å². The van der Waals surface area contributed by atoms with Crippen molar-refractivity contribution in [3.05, 3.63) is 111 Å². The van der Waals surface area contributed by atoms with Crippen LogP contribution in [0.1, 0.15) is 17.0 Å². The molecule has 34 heavy (non-hydrogen) atoms. The summed E-state index contributed by atoms with van der Waals surface area (Å²) in [6.07, 6.45) is 4.99. The van der Waals surface area contributed by atoms with Crippen LogP contribution in [-0.4, -0.2) is 23.9 Å². The Labute approximate surface area is 197 Å². The molecule has 0 radical (unpaired) electrons. The Morgan fingerprint density at radius 1 is 1.00 bits per heavy atom. The summed E-state index contributed by atoms with van der Waals surface area (Å²) in [6, 6.07) is 16.7. The Morgan fingerprint density at radius 2 is 1.82 bits per heavy atom. The van der Waals surface area contributed by atoms with Gasteiger partial charge in [0.1, 0.15) is 5.76 Å². The quantitative estimate of drug-likeness (QED) is 0.381. The molecular weight excluding hydrogens is 450 g/mol. The van der Waals surface area contributed by atoms with Crippen molar-refractivity contribution in [1.82, 2.24) is 23.9 Å². The van der Waals surface area contributed by atoms with Gasteiger partial charge in [0, 0.05) is 24.2 Å². The second-order valence-corrected chi connectivity index (χ2v) is 9.00. The Morgan fingerprint density at radius 3 is 2.59 bits per heavy atom. The van der Waals surface area contributed by atoms with Crippen LogP contribution in [0.3, 0.4) is 0 Å². The van der Waals surface area contributed by atoms with E-state index in [0.717, 1.165) is 15.8 Å². The molecule has 9 heteroatoms. The number of rotatable bonds is 5. The molecule has 0 saturated carbocycles. The fourth-order valence-corrected chi connectivity index (χ4v) is 5.23. The van der Waals surface area contributed by atoms with E-state index < -0.39 is 0 Å². The van der Waals surface area contributed by atoms with E-state index >= 15 is 0 Å². The summed E-state index contributed by atoms with van der Waals surface area (Å²) in [5.74, 6) is 0.646. The van der Waals surface area contributed by atoms with E-state index in [1.807, 2.05) is 47.1 Å². The smallest absolute Gasteiger partial charge is 0.283 e. The zero-order valence-corrected chi connectivity index (χ0v) is 19.0. The van der Waals surface area contributed by atoms with Crippen molar-refractivity contribution in [3.63, 3.8) is 0 Å². The van der Waals surface area contributed by atoms with Gasteiger partial charge >= 0.3 is 0 Å². The van der Waals surface area contributed by atoms with Crippen LogP contribution in [0.25, 0.3) is 26.3 Å². The van der Waals surface area contributed by atoms with Crippen LogP contribution < -0.4 is 11.1 Å². The summed E-state index contributed by atoms with van der Waals surface area (Å²) in [5, 5.41) is 1.04. The SMILES string of the molecule is Cc1c2c(=O)n(-c3nc4ccccc4s3)n(Cc3ccncc3)c2cc(=O)n1Cc1ccco1. The van der Waals surface area contributed by atoms with Gasteiger partial charge in [0.2, 0.25) is 5.13 Å². The minimum absolute atomic E-state index is 0.202. The monoisotopic (exact) mass is 469 g/mol. The summed E-state index contributed by atoms with van der Waals surface area (Å²) >= 11 is 1.44. The third kappa shape index (κ3) is 3.29. The lowest BCUT2D eigenvalue weighted by Gasteiger charge is -2.12. The van der Waals surface area contributed by atoms with Crippen molar-refractivity contribution in [2.45, 2.75) is 20.0 Å². The first kappa shape index (κ1) is 20.4. The lowest BCUT2D eigenvalue weighted by Crippen LogP contribution is -2.23. The number of para-hydroxylation sites is 1. The summed E-state index contributed by atoms with van der Waals surface area (Å²) < 4.78 is 11.4. The van der Waals surface area contributed by atoms with E-state index in [-0.39, 0.29) is 17.7 Å². The molecule has 168 valence electrons. The Bertz CT molecular complexity index is 1730. The highest BCUT2D eigenvalue weighted by Crippen LogP contribution is 2.26. The number of nitrogens with zero attached hydrogens (tertiary/aromatic N) is 5. The normalized spacial score (nSPS) is 11.6. The molecule has 6 aromatic rings. The Balaban J connectivity index is 1.64. The predicted molar refractivity (Wildman–Crippen MR) is 131 cm³/mol. The van der Waals surface area contributed by atoms with Crippen molar-refractivity contribution >= 4 is 32.5 Å². The minimum atomic E-state index is -0.214. The van der Waals surface area contributed by atoms with Crippen LogP contribution in [0.2, 0.25) is 0 Å². The number of fused-ring (bicyclic) bond motifs is 2. The van der Waals surface area contributed by atoms with E-state index in [9.17, 15) is 9.59 Å². The molecule has 1 aromatic carbocycles. The fraction of sp³-hybridized carbons (Fsp3) is 0.120. The maximum atomic E-state index is 13.9. The molecule has 0 amide bonds. The number of aryl methyl sites for hydroxylation is 1. The summed E-state index contributed by atoms with van der Waals surface area (Å²) in [4.78, 5) is 35.8. The van der Waals surface area contributed by atoms with Gasteiger partial charge in [-0.05, 0) is 48.9 Å². The molecule has 5 heterocycles. The van der Waals surface area contributed by atoms with Gasteiger partial charge in [-0.1, -0.05) is 23.5 Å². The first-order valence-corrected chi connectivity index (χ1v) is 11.5. The lowest BCUT2D eigenvalue weighted by molar-refractivity contribution is 0.487. The molecule has 0 aliphatic heterocycles. The first-order valence-electron chi connectivity index (χ1n) is 10.7. The van der Waals surface area contributed by atoms with Crippen molar-refractivity contribution in [3.8, 4) is 5.13 Å². The molecule has 0 fully saturated rings. The maximum absolute atomic E-state index is 13.9. The number of furan rings is 1. The van der Waals surface area contributed by atoms with Gasteiger partial charge in [-0.2, -0.15) is 4.68 Å². The van der Waals surface area contributed by atoms with Gasteiger partial charge in [-0.25, -0.2) is 4.98 Å². The van der Waals surface area contributed by atoms with E-state index in [1.54, 1.807) is 40.9 Å². The molecule has 0 N–H and O–H groups in total. The van der Waals surface area contributed by atoms with Crippen LogP contribution in [0.15, 0.2) is 87.3 Å². The zero-order valence-electron chi connectivity index (χ0n) is 18.2. The summed E-state index contributed by atoms with van der Waals surface area (Å²) in [7, 11) is 0. The number of thiazole rings is 1. The average molecular weight is 470 g/mol. The molecule has 0 spiro atoms. The molecule has 0 aliphatic rings. The standard InChI is InChI=1S/C25H19N5O3S/c1-16-23-20(13-22(31)28(16)15-18-5-4-12-33-18)29(14-17-8-10-26-11-9-17)30(24(23)32)25-27-19-6-2-3-7-21(19)34-25/h2-13H,14-15H2,1H3. The maximum Gasteiger partial charge on any atom is 0.283 e. The first-order chi connectivity index (χ1) is 16.6. The third-order valence-corrected chi connectivity index (χ3v) is 6.93. The van der Waals surface area contributed by atoms with Crippen LogP contribution in [0, 0.1) is 6.92 Å². The topological polar surface area (TPSA) is 87.9 Å². The van der Waals surface area contributed by atoms with Gasteiger partial charge in [-0.15, -0.1) is 0 Å². The molecule has 0 saturated heterocycles. The highest BCUT2D eigenvalue weighted by atomic mass is 32.1. The molecule has 6 rings (SSSR count). The molecular formula is C25H19N5O3S. The van der Waals surface area contributed by atoms with Gasteiger partial charge in [-0.3, -0.25) is 19.3 Å². The van der Waals surface area contributed by atoms with Crippen molar-refractivity contribution in [2.24, 2.45) is 0 Å². The highest BCUT2D eigenvalue weighted by molar-refractivity contribution is 7.20.